The lowest BCUT2D eigenvalue weighted by atomic mass is 9.95. The summed E-state index contributed by atoms with van der Waals surface area (Å²) in [5.41, 5.74) is 3.02. The Balaban J connectivity index is 2.07. The zero-order valence-corrected chi connectivity index (χ0v) is 12.5. The Bertz CT molecular complexity index is 817. The largest absolute Gasteiger partial charge is 0.508 e. The summed E-state index contributed by atoms with van der Waals surface area (Å²) in [5, 5.41) is 9.41. The molecule has 0 heterocycles. The van der Waals surface area contributed by atoms with Gasteiger partial charge >= 0.3 is 0 Å². The van der Waals surface area contributed by atoms with Crippen molar-refractivity contribution in [2.24, 2.45) is 0 Å². The van der Waals surface area contributed by atoms with Gasteiger partial charge in [-0.05, 0) is 29.3 Å². The molecule has 0 aliphatic carbocycles. The molecule has 2 nitrogen and oxygen atoms in total. The molecule has 3 aromatic carbocycles. The maximum absolute atomic E-state index is 12.9. The van der Waals surface area contributed by atoms with Crippen LogP contribution in [0.2, 0.25) is 0 Å². The minimum atomic E-state index is -0.0233. The lowest BCUT2D eigenvalue weighted by Gasteiger charge is -2.08. The Morgan fingerprint density at radius 3 is 1.78 bits per heavy atom. The van der Waals surface area contributed by atoms with Gasteiger partial charge in [-0.3, -0.25) is 4.79 Å². The second-order valence-corrected chi connectivity index (χ2v) is 5.21. The van der Waals surface area contributed by atoms with Gasteiger partial charge in [-0.25, -0.2) is 0 Å². The number of rotatable bonds is 4. The Morgan fingerprint density at radius 2 is 1.22 bits per heavy atom. The fourth-order valence-corrected chi connectivity index (χ4v) is 2.38. The molecular formula is C21H16O2. The number of allylic oxidation sites excluding steroid dienone is 1. The molecule has 0 fully saturated rings. The zero-order chi connectivity index (χ0) is 16.1. The molecule has 0 saturated carbocycles. The molecule has 0 radical (unpaired) electrons. The first-order valence-corrected chi connectivity index (χ1v) is 7.40. The number of phenolic OH excluding ortho intramolecular Hbond substituents is 1. The molecule has 0 saturated heterocycles. The third-order valence-electron chi connectivity index (χ3n) is 3.57. The molecule has 23 heavy (non-hydrogen) atoms. The molecule has 0 aliphatic heterocycles. The van der Waals surface area contributed by atoms with Crippen LogP contribution in [0.4, 0.5) is 0 Å². The highest BCUT2D eigenvalue weighted by Crippen LogP contribution is 2.23. The van der Waals surface area contributed by atoms with E-state index in [0.29, 0.717) is 11.1 Å². The van der Waals surface area contributed by atoms with Crippen molar-refractivity contribution in [3.63, 3.8) is 0 Å². The van der Waals surface area contributed by atoms with Crippen LogP contribution < -0.4 is 0 Å². The minimum Gasteiger partial charge on any atom is -0.508 e. The van der Waals surface area contributed by atoms with Crippen LogP contribution in [0.15, 0.2) is 84.9 Å². The molecule has 0 amide bonds. The number of carbonyl (C=O) groups excluding carboxylic acids is 1. The van der Waals surface area contributed by atoms with Crippen LogP contribution in [0.3, 0.4) is 0 Å². The van der Waals surface area contributed by atoms with Gasteiger partial charge in [0.15, 0.2) is 5.78 Å². The average Bonchev–Trinajstić information content (AvgIpc) is 2.62. The topological polar surface area (TPSA) is 37.3 Å². The van der Waals surface area contributed by atoms with E-state index in [1.807, 2.05) is 66.7 Å². The van der Waals surface area contributed by atoms with Gasteiger partial charge < -0.3 is 5.11 Å². The van der Waals surface area contributed by atoms with E-state index in [4.69, 9.17) is 0 Å². The Labute approximate surface area is 135 Å². The van der Waals surface area contributed by atoms with E-state index < -0.39 is 0 Å². The standard InChI is InChI=1S/C21H16O2/c22-19-13-11-16(12-14-19)15-20(17-7-3-1-4-8-17)21(23)18-9-5-2-6-10-18/h1-15,22H/b20-15+. The molecule has 0 bridgehead atoms. The molecule has 0 unspecified atom stereocenters. The van der Waals surface area contributed by atoms with E-state index in [1.165, 1.54) is 0 Å². The number of benzene rings is 3. The fourth-order valence-electron chi connectivity index (χ4n) is 2.38. The van der Waals surface area contributed by atoms with Crippen molar-refractivity contribution >= 4 is 17.4 Å². The Morgan fingerprint density at radius 1 is 0.696 bits per heavy atom. The summed E-state index contributed by atoms with van der Waals surface area (Å²) >= 11 is 0. The second-order valence-electron chi connectivity index (χ2n) is 5.21. The molecule has 3 aromatic rings. The molecule has 0 aliphatic rings. The van der Waals surface area contributed by atoms with E-state index in [-0.39, 0.29) is 11.5 Å². The van der Waals surface area contributed by atoms with Gasteiger partial charge in [0.2, 0.25) is 0 Å². The first-order chi connectivity index (χ1) is 11.2. The zero-order valence-electron chi connectivity index (χ0n) is 12.5. The molecule has 0 atom stereocenters. The van der Waals surface area contributed by atoms with E-state index in [1.54, 1.807) is 24.3 Å². The first-order valence-electron chi connectivity index (χ1n) is 7.40. The van der Waals surface area contributed by atoms with Gasteiger partial charge in [0.05, 0.1) is 0 Å². The molecule has 112 valence electrons. The molecule has 2 heteroatoms. The van der Waals surface area contributed by atoms with Crippen LogP contribution in [0, 0.1) is 0 Å². The molecule has 0 aromatic heterocycles. The molecule has 3 rings (SSSR count). The maximum Gasteiger partial charge on any atom is 0.193 e. The highest BCUT2D eigenvalue weighted by Gasteiger charge is 2.14. The molecular weight excluding hydrogens is 284 g/mol. The van der Waals surface area contributed by atoms with Crippen molar-refractivity contribution in [3.05, 3.63) is 102 Å². The SMILES string of the molecule is O=C(/C(=C/c1ccc(O)cc1)c1ccccc1)c1ccccc1. The molecule has 1 N–H and O–H groups in total. The third kappa shape index (κ3) is 3.55. The van der Waals surface area contributed by atoms with Crippen molar-refractivity contribution in [2.75, 3.05) is 0 Å². The highest BCUT2D eigenvalue weighted by molar-refractivity contribution is 6.32. The van der Waals surface area contributed by atoms with Gasteiger partial charge in [0.1, 0.15) is 5.75 Å². The first kappa shape index (κ1) is 14.8. The Kier molecular flexibility index (Phi) is 4.34. The van der Waals surface area contributed by atoms with Crippen LogP contribution in [0.1, 0.15) is 21.5 Å². The Hall–Kier alpha value is -3.13. The summed E-state index contributed by atoms with van der Waals surface area (Å²) in [7, 11) is 0. The predicted molar refractivity (Wildman–Crippen MR) is 93.2 cm³/mol. The number of hydrogen-bond donors (Lipinski definition) is 1. The highest BCUT2D eigenvalue weighted by atomic mass is 16.3. The normalized spacial score (nSPS) is 11.2. The van der Waals surface area contributed by atoms with E-state index in [9.17, 15) is 9.90 Å². The van der Waals surface area contributed by atoms with Crippen LogP contribution in [-0.4, -0.2) is 10.9 Å². The minimum absolute atomic E-state index is 0.0233. The van der Waals surface area contributed by atoms with Gasteiger partial charge in [-0.15, -0.1) is 0 Å². The van der Waals surface area contributed by atoms with E-state index in [2.05, 4.69) is 0 Å². The van der Waals surface area contributed by atoms with E-state index in [0.717, 1.165) is 11.1 Å². The summed E-state index contributed by atoms with van der Waals surface area (Å²) in [4.78, 5) is 12.9. The lowest BCUT2D eigenvalue weighted by Crippen LogP contribution is -2.02. The van der Waals surface area contributed by atoms with Crippen molar-refractivity contribution in [2.45, 2.75) is 0 Å². The summed E-state index contributed by atoms with van der Waals surface area (Å²) in [5.74, 6) is 0.183. The summed E-state index contributed by atoms with van der Waals surface area (Å²) in [6.45, 7) is 0. The van der Waals surface area contributed by atoms with Gasteiger partial charge in [-0.1, -0.05) is 72.8 Å². The molecule has 0 spiro atoms. The monoisotopic (exact) mass is 300 g/mol. The predicted octanol–water partition coefficient (Wildman–Crippen LogP) is 4.82. The maximum atomic E-state index is 12.9. The number of aromatic hydroxyl groups is 1. The number of ketones is 1. The van der Waals surface area contributed by atoms with Crippen LogP contribution in [0.5, 0.6) is 5.75 Å². The van der Waals surface area contributed by atoms with Crippen molar-refractivity contribution < 1.29 is 9.90 Å². The second kappa shape index (κ2) is 6.75. The van der Waals surface area contributed by atoms with Crippen LogP contribution >= 0.6 is 0 Å². The number of hydrogen-bond acceptors (Lipinski definition) is 2. The number of phenols is 1. The summed E-state index contributed by atoms with van der Waals surface area (Å²) in [6.07, 6.45) is 1.85. The van der Waals surface area contributed by atoms with Gasteiger partial charge in [0.25, 0.3) is 0 Å². The average molecular weight is 300 g/mol. The number of carbonyl (C=O) groups is 1. The summed E-state index contributed by atoms with van der Waals surface area (Å²) < 4.78 is 0. The third-order valence-corrected chi connectivity index (χ3v) is 3.57. The van der Waals surface area contributed by atoms with Crippen LogP contribution in [-0.2, 0) is 0 Å². The smallest absolute Gasteiger partial charge is 0.193 e. The van der Waals surface area contributed by atoms with Gasteiger partial charge in [-0.2, -0.15) is 0 Å². The van der Waals surface area contributed by atoms with E-state index >= 15 is 0 Å². The fraction of sp³-hybridized carbons (Fsp3) is 0. The quantitative estimate of drug-likeness (QED) is 0.426. The van der Waals surface area contributed by atoms with Crippen LogP contribution in [0.25, 0.3) is 11.6 Å². The lowest BCUT2D eigenvalue weighted by molar-refractivity contribution is 0.105. The number of Topliss-reactive ketones (excluding diaryl/α,β-unsaturated/α-hetero) is 1. The van der Waals surface area contributed by atoms with Crippen molar-refractivity contribution in [1.82, 2.24) is 0 Å². The van der Waals surface area contributed by atoms with Crippen molar-refractivity contribution in [3.8, 4) is 5.75 Å². The van der Waals surface area contributed by atoms with Gasteiger partial charge in [0, 0.05) is 11.1 Å². The summed E-state index contributed by atoms with van der Waals surface area (Å²) in [6, 6.07) is 25.6. The van der Waals surface area contributed by atoms with Crippen molar-refractivity contribution in [1.29, 1.82) is 0 Å².